The van der Waals surface area contributed by atoms with Gasteiger partial charge in [-0.15, -0.1) is 12.4 Å². The van der Waals surface area contributed by atoms with Gasteiger partial charge >= 0.3 is 0 Å². The Bertz CT molecular complexity index is 677. The average Bonchev–Trinajstić information content (AvgIpc) is 2.61. The molecule has 0 spiro atoms. The summed E-state index contributed by atoms with van der Waals surface area (Å²) < 4.78 is 22.5. The molecule has 27 heavy (non-hydrogen) atoms. The molecule has 0 radical (unpaired) electrons. The number of amides is 1. The van der Waals surface area contributed by atoms with E-state index in [1.54, 1.807) is 0 Å². The molecule has 154 valence electrons. The third kappa shape index (κ3) is 8.17. The lowest BCUT2D eigenvalue weighted by Gasteiger charge is -2.37. The van der Waals surface area contributed by atoms with Crippen molar-refractivity contribution in [3.63, 3.8) is 0 Å². The minimum atomic E-state index is -3.12. The highest BCUT2D eigenvalue weighted by atomic mass is 35.5. The second-order valence-corrected chi connectivity index (χ2v) is 9.67. The zero-order valence-corrected chi connectivity index (χ0v) is 17.8. The maximum atomic E-state index is 12.3. The van der Waals surface area contributed by atoms with E-state index in [4.69, 9.17) is 5.73 Å². The van der Waals surface area contributed by atoms with Gasteiger partial charge in [-0.1, -0.05) is 37.3 Å². The van der Waals surface area contributed by atoms with Crippen molar-refractivity contribution in [2.45, 2.75) is 38.3 Å². The van der Waals surface area contributed by atoms with Gasteiger partial charge in [-0.05, 0) is 43.8 Å². The van der Waals surface area contributed by atoms with Crippen LogP contribution in [-0.4, -0.2) is 56.9 Å². The van der Waals surface area contributed by atoms with Crippen molar-refractivity contribution < 1.29 is 13.2 Å². The number of piperidine rings is 1. The molecule has 0 bridgehead atoms. The fraction of sp³-hybridized carbons (Fsp3) is 0.632. The van der Waals surface area contributed by atoms with E-state index in [2.05, 4.69) is 29.3 Å². The lowest BCUT2D eigenvalue weighted by Crippen LogP contribution is -2.46. The topological polar surface area (TPSA) is 92.5 Å². The minimum Gasteiger partial charge on any atom is -0.353 e. The summed E-state index contributed by atoms with van der Waals surface area (Å²) in [5.74, 6) is 0.370. The first-order chi connectivity index (χ1) is 12.3. The molecule has 2 atom stereocenters. The Morgan fingerprint density at radius 1 is 1.26 bits per heavy atom. The van der Waals surface area contributed by atoms with Crippen molar-refractivity contribution >= 4 is 28.2 Å². The molecule has 1 amide bonds. The Hall–Kier alpha value is -1.15. The van der Waals surface area contributed by atoms with Crippen molar-refractivity contribution in [1.29, 1.82) is 0 Å². The van der Waals surface area contributed by atoms with E-state index in [9.17, 15) is 13.2 Å². The molecule has 8 heteroatoms. The fourth-order valence-electron chi connectivity index (χ4n) is 3.27. The van der Waals surface area contributed by atoms with Gasteiger partial charge in [0.25, 0.3) is 0 Å². The number of rotatable bonds is 8. The van der Waals surface area contributed by atoms with E-state index in [-0.39, 0.29) is 36.5 Å². The molecule has 1 aliphatic rings. The number of carbonyl (C=O) groups excluding carboxylic acids is 1. The number of nitrogens with two attached hydrogens (primary N) is 1. The molecule has 1 aromatic rings. The van der Waals surface area contributed by atoms with Gasteiger partial charge in [0.05, 0.1) is 17.8 Å². The molecule has 1 fully saturated rings. The van der Waals surface area contributed by atoms with Crippen molar-refractivity contribution in [3.8, 4) is 0 Å². The first kappa shape index (κ1) is 23.9. The van der Waals surface area contributed by atoms with Crippen LogP contribution in [0.5, 0.6) is 0 Å². The number of sulfone groups is 1. The highest BCUT2D eigenvalue weighted by Gasteiger charge is 2.26. The predicted octanol–water partition coefficient (Wildman–Crippen LogP) is 1.76. The van der Waals surface area contributed by atoms with Crippen molar-refractivity contribution in [3.05, 3.63) is 35.9 Å². The molecular formula is C19H32ClN3O3S. The van der Waals surface area contributed by atoms with E-state index in [0.717, 1.165) is 38.1 Å². The molecule has 1 aliphatic heterocycles. The number of nitrogens with zero attached hydrogens (tertiary/aromatic N) is 1. The van der Waals surface area contributed by atoms with Gasteiger partial charge in [-0.3, -0.25) is 9.69 Å². The normalized spacial score (nSPS) is 18.3. The van der Waals surface area contributed by atoms with Crippen molar-refractivity contribution in [1.82, 2.24) is 10.2 Å². The number of benzene rings is 1. The van der Waals surface area contributed by atoms with Gasteiger partial charge in [0.1, 0.15) is 9.84 Å². The van der Waals surface area contributed by atoms with Gasteiger partial charge in [-0.2, -0.15) is 0 Å². The SMILES string of the molecule is CC1CCN(C(CNC(=O)C(N)CCS(C)(=O)=O)c2ccccc2)CC1.Cl. The van der Waals surface area contributed by atoms with E-state index >= 15 is 0 Å². The van der Waals surface area contributed by atoms with Crippen LogP contribution in [0.15, 0.2) is 30.3 Å². The summed E-state index contributed by atoms with van der Waals surface area (Å²) in [5.41, 5.74) is 7.03. The number of halogens is 1. The molecule has 0 saturated carbocycles. The summed E-state index contributed by atoms with van der Waals surface area (Å²) >= 11 is 0. The van der Waals surface area contributed by atoms with E-state index in [1.165, 1.54) is 5.56 Å². The molecule has 6 nitrogen and oxygen atoms in total. The number of hydrogen-bond acceptors (Lipinski definition) is 5. The van der Waals surface area contributed by atoms with Gasteiger partial charge in [0.2, 0.25) is 5.91 Å². The van der Waals surface area contributed by atoms with Crippen LogP contribution in [0.2, 0.25) is 0 Å². The molecule has 2 unspecified atom stereocenters. The first-order valence-electron chi connectivity index (χ1n) is 9.26. The summed E-state index contributed by atoms with van der Waals surface area (Å²) in [5, 5.41) is 2.93. The monoisotopic (exact) mass is 417 g/mol. The molecular weight excluding hydrogens is 386 g/mol. The molecule has 0 aromatic heterocycles. The molecule has 0 aliphatic carbocycles. The molecule has 3 N–H and O–H groups in total. The maximum Gasteiger partial charge on any atom is 0.237 e. The quantitative estimate of drug-likeness (QED) is 0.672. The average molecular weight is 418 g/mol. The second-order valence-electron chi connectivity index (χ2n) is 7.42. The molecule has 1 aromatic carbocycles. The lowest BCUT2D eigenvalue weighted by molar-refractivity contribution is -0.122. The zero-order chi connectivity index (χ0) is 19.2. The lowest BCUT2D eigenvalue weighted by atomic mass is 9.95. The second kappa shape index (κ2) is 11.0. The third-order valence-corrected chi connectivity index (χ3v) is 6.03. The Morgan fingerprint density at radius 3 is 2.41 bits per heavy atom. The van der Waals surface area contributed by atoms with Crippen LogP contribution in [-0.2, 0) is 14.6 Å². The largest absolute Gasteiger partial charge is 0.353 e. The Balaban J connectivity index is 0.00000364. The van der Waals surface area contributed by atoms with Crippen LogP contribution < -0.4 is 11.1 Å². The number of hydrogen-bond donors (Lipinski definition) is 2. The van der Waals surface area contributed by atoms with E-state index in [1.807, 2.05) is 18.2 Å². The van der Waals surface area contributed by atoms with E-state index < -0.39 is 15.9 Å². The molecule has 1 saturated heterocycles. The summed E-state index contributed by atoms with van der Waals surface area (Å²) in [6, 6.07) is 9.47. The van der Waals surface area contributed by atoms with Crippen molar-refractivity contribution in [2.24, 2.45) is 11.7 Å². The number of carbonyl (C=O) groups is 1. The maximum absolute atomic E-state index is 12.3. The third-order valence-electron chi connectivity index (χ3n) is 5.05. The zero-order valence-electron chi connectivity index (χ0n) is 16.1. The standard InChI is InChI=1S/C19H31N3O3S.ClH/c1-15-8-11-22(12-9-15)18(16-6-4-3-5-7-16)14-21-19(23)17(20)10-13-26(2,24)25;/h3-7,15,17-18H,8-14,20H2,1-2H3,(H,21,23);1H. The first-order valence-corrected chi connectivity index (χ1v) is 11.3. The smallest absolute Gasteiger partial charge is 0.237 e. The van der Waals surface area contributed by atoms with E-state index in [0.29, 0.717) is 6.54 Å². The molecule has 2 rings (SSSR count). The molecule has 1 heterocycles. The van der Waals surface area contributed by atoms with Gasteiger partial charge < -0.3 is 11.1 Å². The summed E-state index contributed by atoms with van der Waals surface area (Å²) in [4.78, 5) is 14.7. The highest BCUT2D eigenvalue weighted by molar-refractivity contribution is 7.90. The predicted molar refractivity (Wildman–Crippen MR) is 112 cm³/mol. The summed E-state index contributed by atoms with van der Waals surface area (Å²) in [6.07, 6.45) is 3.61. The summed E-state index contributed by atoms with van der Waals surface area (Å²) in [6.45, 7) is 4.77. The van der Waals surface area contributed by atoms with Gasteiger partial charge in [0, 0.05) is 12.8 Å². The number of nitrogens with one attached hydrogen (secondary N) is 1. The van der Waals surface area contributed by atoms with Crippen LogP contribution in [0.25, 0.3) is 0 Å². The van der Waals surface area contributed by atoms with Crippen LogP contribution in [0, 0.1) is 5.92 Å². The number of likely N-dealkylation sites (tertiary alicyclic amines) is 1. The Morgan fingerprint density at radius 2 is 1.85 bits per heavy atom. The highest BCUT2D eigenvalue weighted by Crippen LogP contribution is 2.26. The van der Waals surface area contributed by atoms with Crippen LogP contribution in [0.4, 0.5) is 0 Å². The van der Waals surface area contributed by atoms with Crippen molar-refractivity contribution in [2.75, 3.05) is 31.6 Å². The van der Waals surface area contributed by atoms with Crippen LogP contribution in [0.1, 0.15) is 37.8 Å². The fourth-order valence-corrected chi connectivity index (χ4v) is 3.96. The van der Waals surface area contributed by atoms with Gasteiger partial charge in [0.15, 0.2) is 0 Å². The minimum absolute atomic E-state index is 0. The Kier molecular flexibility index (Phi) is 9.73. The Labute approximate surface area is 169 Å². The van der Waals surface area contributed by atoms with Crippen LogP contribution >= 0.6 is 12.4 Å². The summed E-state index contributed by atoms with van der Waals surface area (Å²) in [7, 11) is -3.12. The van der Waals surface area contributed by atoms with Crippen LogP contribution in [0.3, 0.4) is 0 Å². The van der Waals surface area contributed by atoms with Gasteiger partial charge in [-0.25, -0.2) is 8.42 Å².